The highest BCUT2D eigenvalue weighted by atomic mass is 35.5. The lowest BCUT2D eigenvalue weighted by molar-refractivity contribution is 0.0767. The zero-order valence-corrected chi connectivity index (χ0v) is 8.09. The quantitative estimate of drug-likeness (QED) is 0.623. The number of imidazole rings is 1. The third-order valence-corrected chi connectivity index (χ3v) is 1.74. The lowest BCUT2D eigenvalue weighted by atomic mass is 9.96. The van der Waals surface area contributed by atoms with Crippen LogP contribution in [-0.4, -0.2) is 15.5 Å². The number of hydrogen-bond donors (Lipinski definition) is 0. The van der Waals surface area contributed by atoms with E-state index in [-0.39, 0.29) is 11.2 Å². The highest BCUT2D eigenvalue weighted by Crippen LogP contribution is 2.18. The highest BCUT2D eigenvalue weighted by molar-refractivity contribution is 6.29. The number of halogens is 1. The molecule has 0 atom stereocenters. The van der Waals surface area contributed by atoms with Crippen LogP contribution in [0.15, 0.2) is 12.4 Å². The van der Waals surface area contributed by atoms with Crippen LogP contribution in [0.25, 0.3) is 0 Å². The smallest absolute Gasteiger partial charge is 0.238 e. The van der Waals surface area contributed by atoms with Crippen molar-refractivity contribution < 1.29 is 4.79 Å². The second-order valence-electron chi connectivity index (χ2n) is 3.62. The summed E-state index contributed by atoms with van der Waals surface area (Å²) in [5, 5.41) is 0.218. The summed E-state index contributed by atoms with van der Waals surface area (Å²) in [5.74, 6) is -0.0509. The van der Waals surface area contributed by atoms with E-state index in [1.54, 1.807) is 6.20 Å². The van der Waals surface area contributed by atoms with Gasteiger partial charge in [-0.3, -0.25) is 9.36 Å². The maximum Gasteiger partial charge on any atom is 0.238 e. The van der Waals surface area contributed by atoms with E-state index >= 15 is 0 Å². The molecule has 0 aliphatic heterocycles. The molecule has 12 heavy (non-hydrogen) atoms. The molecule has 0 radical (unpaired) electrons. The molecule has 0 N–H and O–H groups in total. The van der Waals surface area contributed by atoms with Crippen LogP contribution in [0.4, 0.5) is 0 Å². The molecule has 1 rings (SSSR count). The van der Waals surface area contributed by atoms with E-state index in [0.717, 1.165) is 0 Å². The van der Waals surface area contributed by atoms with Gasteiger partial charge in [-0.1, -0.05) is 20.8 Å². The maximum absolute atomic E-state index is 11.6. The van der Waals surface area contributed by atoms with Gasteiger partial charge in [0.1, 0.15) is 0 Å². The van der Waals surface area contributed by atoms with Gasteiger partial charge >= 0.3 is 0 Å². The topological polar surface area (TPSA) is 34.9 Å². The van der Waals surface area contributed by atoms with Gasteiger partial charge in [0.15, 0.2) is 0 Å². The monoisotopic (exact) mass is 186 g/mol. The van der Waals surface area contributed by atoms with Gasteiger partial charge in [-0.2, -0.15) is 0 Å². The van der Waals surface area contributed by atoms with Crippen molar-refractivity contribution >= 4 is 17.5 Å². The average molecular weight is 187 g/mol. The summed E-state index contributed by atoms with van der Waals surface area (Å²) in [6, 6.07) is 0. The Morgan fingerprint density at radius 1 is 1.58 bits per heavy atom. The van der Waals surface area contributed by atoms with Gasteiger partial charge in [0, 0.05) is 17.8 Å². The van der Waals surface area contributed by atoms with Crippen molar-refractivity contribution in [3.63, 3.8) is 0 Å². The van der Waals surface area contributed by atoms with Gasteiger partial charge in [0.05, 0.1) is 0 Å². The highest BCUT2D eigenvalue weighted by Gasteiger charge is 2.24. The Bertz CT molecular complexity index is 298. The molecule has 3 nitrogen and oxygen atoms in total. The molecular weight excluding hydrogens is 176 g/mol. The van der Waals surface area contributed by atoms with E-state index in [2.05, 4.69) is 4.98 Å². The van der Waals surface area contributed by atoms with Crippen molar-refractivity contribution in [3.8, 4) is 0 Å². The van der Waals surface area contributed by atoms with Gasteiger partial charge in [0.25, 0.3) is 0 Å². The Morgan fingerprint density at radius 2 is 2.17 bits per heavy atom. The van der Waals surface area contributed by atoms with Gasteiger partial charge in [-0.05, 0) is 11.6 Å². The molecule has 4 heteroatoms. The maximum atomic E-state index is 11.6. The Hall–Kier alpha value is -0.830. The molecule has 0 aliphatic carbocycles. The molecule has 0 aliphatic rings. The van der Waals surface area contributed by atoms with E-state index in [1.807, 2.05) is 20.8 Å². The lowest BCUT2D eigenvalue weighted by Crippen LogP contribution is -2.26. The minimum absolute atomic E-state index is 0.0509. The van der Waals surface area contributed by atoms with E-state index in [0.29, 0.717) is 0 Å². The third kappa shape index (κ3) is 1.67. The Labute approximate surface area is 76.4 Å². The van der Waals surface area contributed by atoms with E-state index in [4.69, 9.17) is 11.6 Å². The molecule has 0 aromatic carbocycles. The molecule has 1 aromatic heterocycles. The van der Waals surface area contributed by atoms with Crippen LogP contribution in [-0.2, 0) is 0 Å². The molecule has 0 amide bonds. The summed E-state index contributed by atoms with van der Waals surface area (Å²) >= 11 is 5.67. The summed E-state index contributed by atoms with van der Waals surface area (Å²) < 4.78 is 1.35. The van der Waals surface area contributed by atoms with Crippen LogP contribution in [0.1, 0.15) is 25.6 Å². The summed E-state index contributed by atoms with van der Waals surface area (Å²) in [6.07, 6.45) is 3.07. The van der Waals surface area contributed by atoms with Gasteiger partial charge in [-0.25, -0.2) is 4.98 Å². The van der Waals surface area contributed by atoms with Crippen LogP contribution < -0.4 is 0 Å². The first kappa shape index (κ1) is 9.26. The molecule has 0 fully saturated rings. The number of aromatic nitrogens is 2. The standard InChI is InChI=1S/C8H11ClN2O/c1-8(2,3)6(12)11-5-4-10-7(11)9/h4-5H,1-3H3. The van der Waals surface area contributed by atoms with Crippen molar-refractivity contribution in [2.24, 2.45) is 5.41 Å². The molecule has 0 saturated carbocycles. The second-order valence-corrected chi connectivity index (χ2v) is 3.96. The fourth-order valence-corrected chi connectivity index (χ4v) is 0.988. The number of hydrogen-bond acceptors (Lipinski definition) is 2. The number of carbonyl (C=O) groups excluding carboxylic acids is 1. The van der Waals surface area contributed by atoms with Gasteiger partial charge < -0.3 is 0 Å². The van der Waals surface area contributed by atoms with Crippen molar-refractivity contribution in [3.05, 3.63) is 17.7 Å². The third-order valence-electron chi connectivity index (χ3n) is 1.46. The first-order chi connectivity index (χ1) is 5.43. The Kier molecular flexibility index (Phi) is 2.24. The number of carbonyl (C=O) groups is 1. The molecule has 0 spiro atoms. The van der Waals surface area contributed by atoms with Crippen LogP contribution in [0.5, 0.6) is 0 Å². The van der Waals surface area contributed by atoms with Crippen LogP contribution in [0, 0.1) is 5.41 Å². The second kappa shape index (κ2) is 2.90. The fraction of sp³-hybridized carbons (Fsp3) is 0.500. The van der Waals surface area contributed by atoms with Crippen molar-refractivity contribution in [1.82, 2.24) is 9.55 Å². The molecular formula is C8H11ClN2O. The molecule has 0 saturated heterocycles. The number of nitrogens with zero attached hydrogens (tertiary/aromatic N) is 2. The van der Waals surface area contributed by atoms with Crippen molar-refractivity contribution in [2.45, 2.75) is 20.8 Å². The minimum atomic E-state index is -0.426. The fourth-order valence-electron chi connectivity index (χ4n) is 0.798. The van der Waals surface area contributed by atoms with Crippen LogP contribution >= 0.6 is 11.6 Å². The van der Waals surface area contributed by atoms with Crippen LogP contribution in [0.2, 0.25) is 5.28 Å². The summed E-state index contributed by atoms with van der Waals surface area (Å²) in [7, 11) is 0. The summed E-state index contributed by atoms with van der Waals surface area (Å²) in [4.78, 5) is 15.3. The predicted octanol–water partition coefficient (Wildman–Crippen LogP) is 2.22. The zero-order valence-electron chi connectivity index (χ0n) is 7.34. The zero-order chi connectivity index (χ0) is 9.35. The van der Waals surface area contributed by atoms with Crippen LogP contribution in [0.3, 0.4) is 0 Å². The average Bonchev–Trinajstić information content (AvgIpc) is 2.31. The Balaban J connectivity index is 3.01. The van der Waals surface area contributed by atoms with E-state index < -0.39 is 5.41 Å². The summed E-state index contributed by atoms with van der Waals surface area (Å²) in [5.41, 5.74) is -0.426. The van der Waals surface area contributed by atoms with Crippen molar-refractivity contribution in [1.29, 1.82) is 0 Å². The molecule has 1 aromatic rings. The van der Waals surface area contributed by atoms with Gasteiger partial charge in [-0.15, -0.1) is 0 Å². The SMILES string of the molecule is CC(C)(C)C(=O)n1ccnc1Cl. The van der Waals surface area contributed by atoms with E-state index in [1.165, 1.54) is 10.8 Å². The molecule has 1 heterocycles. The molecule has 0 bridgehead atoms. The van der Waals surface area contributed by atoms with Crippen molar-refractivity contribution in [2.75, 3.05) is 0 Å². The molecule has 0 unspecified atom stereocenters. The number of rotatable bonds is 0. The first-order valence-electron chi connectivity index (χ1n) is 3.66. The minimum Gasteiger partial charge on any atom is -0.273 e. The largest absolute Gasteiger partial charge is 0.273 e. The molecule has 66 valence electrons. The predicted molar refractivity (Wildman–Crippen MR) is 47.3 cm³/mol. The summed E-state index contributed by atoms with van der Waals surface area (Å²) in [6.45, 7) is 5.52. The normalized spacial score (nSPS) is 11.7. The van der Waals surface area contributed by atoms with Gasteiger partial charge in [0.2, 0.25) is 11.2 Å². The Morgan fingerprint density at radius 3 is 2.50 bits per heavy atom. The first-order valence-corrected chi connectivity index (χ1v) is 4.04. The lowest BCUT2D eigenvalue weighted by Gasteiger charge is -2.16. The van der Waals surface area contributed by atoms with E-state index in [9.17, 15) is 4.79 Å².